The average molecular weight is 884 g/mol. The predicted octanol–water partition coefficient (Wildman–Crippen LogP) is 17.4. The summed E-state index contributed by atoms with van der Waals surface area (Å²) in [5.41, 5.74) is 18.4. The molecular formula is C63H53N3O2. The quantitative estimate of drug-likeness (QED) is 0.152. The molecule has 0 N–H and O–H groups in total. The highest BCUT2D eigenvalue weighted by molar-refractivity contribution is 5.93. The van der Waals surface area contributed by atoms with Crippen LogP contribution >= 0.6 is 0 Å². The number of hydrogen-bond donors (Lipinski definition) is 0. The first-order chi connectivity index (χ1) is 33.1. The number of ether oxygens (including phenoxy) is 2. The Morgan fingerprint density at radius 1 is 0.382 bits per heavy atom. The number of fused-ring (bicyclic) bond motifs is 6. The van der Waals surface area contributed by atoms with Crippen LogP contribution in [0.1, 0.15) is 66.6 Å². The fourth-order valence-electron chi connectivity index (χ4n) is 10.9. The molecule has 0 saturated carbocycles. The van der Waals surface area contributed by atoms with Crippen molar-refractivity contribution in [3.63, 3.8) is 0 Å². The normalized spacial score (nSPS) is 14.6. The van der Waals surface area contributed by atoms with Gasteiger partial charge in [-0.25, -0.2) is 0 Å². The predicted molar refractivity (Wildman–Crippen MR) is 280 cm³/mol. The number of nitrogens with zero attached hydrogens (tertiary/aromatic N) is 3. The molecule has 0 amide bonds. The Morgan fingerprint density at radius 2 is 0.868 bits per heavy atom. The second-order valence-corrected chi connectivity index (χ2v) is 19.4. The Hall–Kier alpha value is -8.02. The van der Waals surface area contributed by atoms with E-state index in [1.54, 1.807) is 0 Å². The van der Waals surface area contributed by atoms with Crippen LogP contribution < -0.4 is 24.2 Å². The Bertz CT molecular complexity index is 3380. The van der Waals surface area contributed by atoms with Crippen molar-refractivity contribution in [1.29, 1.82) is 0 Å². The van der Waals surface area contributed by atoms with Gasteiger partial charge in [-0.3, -0.25) is 0 Å². The molecule has 332 valence electrons. The lowest BCUT2D eigenvalue weighted by atomic mass is 9.69. The average Bonchev–Trinajstić information content (AvgIpc) is 3.37. The summed E-state index contributed by atoms with van der Waals surface area (Å²) in [6.07, 6.45) is 1.58. The summed E-state index contributed by atoms with van der Waals surface area (Å²) in [7, 11) is 0. The molecule has 0 unspecified atom stereocenters. The number of rotatable bonds is 8. The summed E-state index contributed by atoms with van der Waals surface area (Å²) in [6, 6.07) is 74.2. The highest BCUT2D eigenvalue weighted by atomic mass is 16.5. The van der Waals surface area contributed by atoms with Crippen molar-refractivity contribution in [2.24, 2.45) is 0 Å². The molecule has 5 nitrogen and oxygen atoms in total. The topological polar surface area (TPSA) is 28.2 Å². The summed E-state index contributed by atoms with van der Waals surface area (Å²) < 4.78 is 13.6. The molecule has 0 fully saturated rings. The van der Waals surface area contributed by atoms with Crippen LogP contribution in [0.15, 0.2) is 206 Å². The summed E-state index contributed by atoms with van der Waals surface area (Å²) in [6.45, 7) is 11.6. The zero-order chi connectivity index (χ0) is 46.1. The van der Waals surface area contributed by atoms with Gasteiger partial charge in [-0.1, -0.05) is 143 Å². The first-order valence-electron chi connectivity index (χ1n) is 23.8. The second kappa shape index (κ2) is 16.1. The van der Waals surface area contributed by atoms with Gasteiger partial charge in [0.1, 0.15) is 11.5 Å². The van der Waals surface area contributed by atoms with Crippen LogP contribution in [0.25, 0.3) is 0 Å². The first-order valence-corrected chi connectivity index (χ1v) is 23.8. The van der Waals surface area contributed by atoms with Gasteiger partial charge >= 0.3 is 0 Å². The summed E-state index contributed by atoms with van der Waals surface area (Å²) in [5.74, 6) is 3.29. The van der Waals surface area contributed by atoms with E-state index >= 15 is 0 Å². The Kier molecular flexibility index (Phi) is 9.80. The van der Waals surface area contributed by atoms with E-state index in [-0.39, 0.29) is 10.8 Å². The molecule has 3 aliphatic rings. The SMILES string of the molecule is Cc1ccccc1Oc1cc2c(cc1CCc1ccc(N3c4ccccc4C(C)(C)c4cc5c(cc43)C(C)(C)c3ccccc3N5c3ccccc3)cc1)Oc1ccccc1N2c1ccccc1. The van der Waals surface area contributed by atoms with Gasteiger partial charge in [-0.2, -0.15) is 0 Å². The third-order valence-corrected chi connectivity index (χ3v) is 14.5. The van der Waals surface area contributed by atoms with Crippen molar-refractivity contribution in [1.82, 2.24) is 0 Å². The molecule has 0 spiro atoms. The molecular weight excluding hydrogens is 831 g/mol. The molecule has 0 aliphatic carbocycles. The van der Waals surface area contributed by atoms with E-state index in [1.807, 2.05) is 24.3 Å². The standard InChI is InChI=1S/C63H53N3O2/c1-42-20-12-18-30-58(42)67-60-41-57-61(68-59-31-19-17-29-54(59)66(57)46-23-10-7-11-24-46)38-44(60)35-32-43-33-36-47(37-34-43)65-53-28-16-14-26-49(53)63(4,5)51-39-55-50(40-56(51)65)62(2,3)48-25-13-15-27-52(48)64(55)45-21-8-6-9-22-45/h6-31,33-34,36-41H,32,35H2,1-5H3. The Morgan fingerprint density at radius 3 is 1.46 bits per heavy atom. The van der Waals surface area contributed by atoms with E-state index in [0.717, 1.165) is 75.4 Å². The van der Waals surface area contributed by atoms with Crippen LogP contribution in [-0.4, -0.2) is 0 Å². The van der Waals surface area contributed by atoms with Crippen LogP contribution in [0.3, 0.4) is 0 Å². The van der Waals surface area contributed by atoms with Crippen molar-refractivity contribution < 1.29 is 9.47 Å². The first kappa shape index (κ1) is 41.4. The molecule has 68 heavy (non-hydrogen) atoms. The second-order valence-electron chi connectivity index (χ2n) is 19.4. The van der Waals surface area contributed by atoms with Crippen molar-refractivity contribution >= 4 is 51.2 Å². The molecule has 0 aromatic heterocycles. The molecule has 9 aromatic rings. The maximum Gasteiger partial charge on any atom is 0.152 e. The highest BCUT2D eigenvalue weighted by Crippen LogP contribution is 2.59. The van der Waals surface area contributed by atoms with Gasteiger partial charge in [0.2, 0.25) is 0 Å². The molecule has 12 rings (SSSR count). The monoisotopic (exact) mass is 883 g/mol. The molecule has 0 radical (unpaired) electrons. The minimum absolute atomic E-state index is 0.240. The van der Waals surface area contributed by atoms with Crippen LogP contribution in [-0.2, 0) is 23.7 Å². The minimum atomic E-state index is -0.252. The van der Waals surface area contributed by atoms with E-state index in [1.165, 1.54) is 50.6 Å². The van der Waals surface area contributed by atoms with Gasteiger partial charge < -0.3 is 24.2 Å². The molecule has 3 aliphatic heterocycles. The summed E-state index contributed by atoms with van der Waals surface area (Å²) >= 11 is 0. The van der Waals surface area contributed by atoms with Gasteiger partial charge in [0, 0.05) is 34.0 Å². The highest BCUT2D eigenvalue weighted by Gasteiger charge is 2.43. The van der Waals surface area contributed by atoms with Crippen LogP contribution in [0.4, 0.5) is 51.2 Å². The Labute approximate surface area is 400 Å². The van der Waals surface area contributed by atoms with E-state index < -0.39 is 0 Å². The largest absolute Gasteiger partial charge is 0.457 e. The van der Waals surface area contributed by atoms with E-state index in [4.69, 9.17) is 9.47 Å². The molecule has 9 aromatic carbocycles. The maximum absolute atomic E-state index is 6.86. The molecule has 0 atom stereocenters. The van der Waals surface area contributed by atoms with Crippen molar-refractivity contribution in [3.8, 4) is 23.0 Å². The van der Waals surface area contributed by atoms with Crippen molar-refractivity contribution in [2.75, 3.05) is 14.7 Å². The van der Waals surface area contributed by atoms with Crippen LogP contribution in [0.2, 0.25) is 0 Å². The van der Waals surface area contributed by atoms with E-state index in [0.29, 0.717) is 0 Å². The zero-order valence-corrected chi connectivity index (χ0v) is 39.2. The van der Waals surface area contributed by atoms with Gasteiger partial charge in [0.15, 0.2) is 11.5 Å². The molecule has 3 heterocycles. The smallest absolute Gasteiger partial charge is 0.152 e. The summed E-state index contributed by atoms with van der Waals surface area (Å²) in [4.78, 5) is 7.24. The van der Waals surface area contributed by atoms with Crippen LogP contribution in [0.5, 0.6) is 23.0 Å². The zero-order valence-electron chi connectivity index (χ0n) is 39.2. The number of benzene rings is 9. The lowest BCUT2D eigenvalue weighted by Gasteiger charge is -2.47. The van der Waals surface area contributed by atoms with Crippen molar-refractivity contribution in [3.05, 3.63) is 245 Å². The lowest BCUT2D eigenvalue weighted by Crippen LogP contribution is -2.35. The Balaban J connectivity index is 0.923. The summed E-state index contributed by atoms with van der Waals surface area (Å²) in [5, 5.41) is 0. The molecule has 0 saturated heterocycles. The van der Waals surface area contributed by atoms with Crippen LogP contribution in [0, 0.1) is 6.92 Å². The number of anilines is 9. The van der Waals surface area contributed by atoms with E-state index in [2.05, 4.69) is 231 Å². The van der Waals surface area contributed by atoms with Gasteiger partial charge in [-0.15, -0.1) is 0 Å². The molecule has 5 heteroatoms. The fourth-order valence-corrected chi connectivity index (χ4v) is 10.9. The van der Waals surface area contributed by atoms with Gasteiger partial charge in [0.05, 0.1) is 34.1 Å². The van der Waals surface area contributed by atoms with E-state index in [9.17, 15) is 0 Å². The number of aryl methyl sites for hydroxylation is 3. The number of para-hydroxylation sites is 7. The maximum atomic E-state index is 6.86. The third kappa shape index (κ3) is 6.75. The number of hydrogen-bond acceptors (Lipinski definition) is 5. The third-order valence-electron chi connectivity index (χ3n) is 14.5. The minimum Gasteiger partial charge on any atom is -0.457 e. The lowest BCUT2D eigenvalue weighted by molar-refractivity contribution is 0.458. The van der Waals surface area contributed by atoms with Gasteiger partial charge in [0.25, 0.3) is 0 Å². The van der Waals surface area contributed by atoms with Crippen molar-refractivity contribution in [2.45, 2.75) is 58.3 Å². The molecule has 0 bridgehead atoms. The fraction of sp³-hybridized carbons (Fsp3) is 0.143. The van der Waals surface area contributed by atoms with Gasteiger partial charge in [-0.05, 0) is 144 Å².